The number of hydrogen-bond donors (Lipinski definition) is 3. The highest BCUT2D eigenvalue weighted by Gasteiger charge is 2.44. The third-order valence-corrected chi connectivity index (χ3v) is 6.21. The highest BCUT2D eigenvalue weighted by Crippen LogP contribution is 2.28. The predicted molar refractivity (Wildman–Crippen MR) is 105 cm³/mol. The Morgan fingerprint density at radius 1 is 1.03 bits per heavy atom. The molecule has 8 heteroatoms. The van der Waals surface area contributed by atoms with Crippen LogP contribution in [0.2, 0.25) is 0 Å². The summed E-state index contributed by atoms with van der Waals surface area (Å²) in [7, 11) is 0. The molecular weight excluding hydrogens is 372 g/mol. The summed E-state index contributed by atoms with van der Waals surface area (Å²) in [5, 5.41) is 5.62. The van der Waals surface area contributed by atoms with Gasteiger partial charge in [0.25, 0.3) is 11.8 Å². The molecule has 3 unspecified atom stereocenters. The minimum Gasteiger partial charge on any atom is -0.327 e. The Morgan fingerprint density at radius 2 is 1.79 bits per heavy atom. The zero-order valence-corrected chi connectivity index (χ0v) is 16.3. The van der Waals surface area contributed by atoms with Gasteiger partial charge in [-0.05, 0) is 49.4 Å². The molecule has 0 aromatic heterocycles. The van der Waals surface area contributed by atoms with Crippen LogP contribution in [0.4, 0.5) is 0 Å². The molecule has 4 rings (SSSR count). The average Bonchev–Trinajstić information content (AvgIpc) is 2.94. The van der Waals surface area contributed by atoms with Gasteiger partial charge in [-0.2, -0.15) is 0 Å². The van der Waals surface area contributed by atoms with Crippen molar-refractivity contribution in [2.45, 2.75) is 57.2 Å². The molecule has 3 atom stereocenters. The van der Waals surface area contributed by atoms with E-state index in [1.54, 1.807) is 12.1 Å². The monoisotopic (exact) mass is 398 g/mol. The van der Waals surface area contributed by atoms with Gasteiger partial charge in [0.2, 0.25) is 11.8 Å². The molecule has 8 nitrogen and oxygen atoms in total. The van der Waals surface area contributed by atoms with Crippen LogP contribution in [-0.2, 0) is 16.1 Å². The summed E-state index contributed by atoms with van der Waals surface area (Å²) in [4.78, 5) is 50.0. The Morgan fingerprint density at radius 3 is 2.55 bits per heavy atom. The summed E-state index contributed by atoms with van der Waals surface area (Å²) in [5.74, 6) is -1.47. The van der Waals surface area contributed by atoms with Gasteiger partial charge in [-0.1, -0.05) is 18.9 Å². The first-order valence-corrected chi connectivity index (χ1v) is 10.3. The number of hydrogen-bond acceptors (Lipinski definition) is 6. The van der Waals surface area contributed by atoms with E-state index in [4.69, 9.17) is 5.73 Å². The Kier molecular flexibility index (Phi) is 5.47. The van der Waals surface area contributed by atoms with E-state index in [1.807, 2.05) is 6.07 Å². The maximum atomic E-state index is 12.9. The van der Waals surface area contributed by atoms with Crippen molar-refractivity contribution in [1.29, 1.82) is 0 Å². The van der Waals surface area contributed by atoms with Crippen LogP contribution in [0.1, 0.15) is 64.8 Å². The van der Waals surface area contributed by atoms with Crippen LogP contribution >= 0.6 is 0 Å². The molecule has 1 saturated heterocycles. The van der Waals surface area contributed by atoms with E-state index in [1.165, 1.54) is 12.8 Å². The molecule has 3 aliphatic rings. The van der Waals surface area contributed by atoms with Crippen LogP contribution < -0.4 is 16.4 Å². The third-order valence-electron chi connectivity index (χ3n) is 6.21. The fourth-order valence-electron chi connectivity index (χ4n) is 4.52. The van der Waals surface area contributed by atoms with Crippen LogP contribution in [0.25, 0.3) is 0 Å². The molecule has 2 fully saturated rings. The number of benzene rings is 1. The minimum absolute atomic E-state index is 0.113. The van der Waals surface area contributed by atoms with Crippen LogP contribution in [0.5, 0.6) is 0 Å². The molecule has 0 bridgehead atoms. The van der Waals surface area contributed by atoms with Crippen molar-refractivity contribution >= 4 is 23.6 Å². The molecule has 0 radical (unpaired) electrons. The number of nitrogens with two attached hydrogens (primary N) is 1. The van der Waals surface area contributed by atoms with Gasteiger partial charge in [-0.15, -0.1) is 0 Å². The van der Waals surface area contributed by atoms with Gasteiger partial charge in [-0.25, -0.2) is 0 Å². The lowest BCUT2D eigenvalue weighted by Crippen LogP contribution is -2.54. The lowest BCUT2D eigenvalue weighted by molar-refractivity contribution is -0.136. The molecule has 4 N–H and O–H groups in total. The van der Waals surface area contributed by atoms with E-state index in [-0.39, 0.29) is 24.8 Å². The lowest BCUT2D eigenvalue weighted by Gasteiger charge is -2.28. The quantitative estimate of drug-likeness (QED) is 0.628. The largest absolute Gasteiger partial charge is 0.327 e. The lowest BCUT2D eigenvalue weighted by atomic mass is 9.85. The number of amides is 4. The van der Waals surface area contributed by atoms with Crippen molar-refractivity contribution in [3.63, 3.8) is 0 Å². The zero-order valence-electron chi connectivity index (χ0n) is 16.3. The normalized spacial score (nSPS) is 27.2. The Bertz CT molecular complexity index is 868. The van der Waals surface area contributed by atoms with Crippen molar-refractivity contribution < 1.29 is 19.2 Å². The second kappa shape index (κ2) is 8.04. The topological polar surface area (TPSA) is 122 Å². The average molecular weight is 398 g/mol. The zero-order chi connectivity index (χ0) is 20.5. The van der Waals surface area contributed by atoms with E-state index in [9.17, 15) is 19.2 Å². The fraction of sp³-hybridized carbons (Fsp3) is 0.524. The van der Waals surface area contributed by atoms with Crippen molar-refractivity contribution in [3.8, 4) is 0 Å². The van der Waals surface area contributed by atoms with Gasteiger partial charge in [0.05, 0.1) is 11.1 Å². The summed E-state index contributed by atoms with van der Waals surface area (Å²) in [6, 6.07) is 4.48. The SMILES string of the molecule is NC1CCCCC1CNCc1ccc2c(c1)C(=O)N(C1CCC(=O)NC1=O)C2=O. The number of imide groups is 2. The van der Waals surface area contributed by atoms with Gasteiger partial charge in [-0.3, -0.25) is 29.4 Å². The van der Waals surface area contributed by atoms with Gasteiger partial charge in [0.15, 0.2) is 0 Å². The Labute approximate surface area is 169 Å². The predicted octanol–water partition coefficient (Wildman–Crippen LogP) is 0.695. The standard InChI is InChI=1S/C21H26N4O4/c22-16-4-2-1-3-13(16)11-23-10-12-5-6-14-15(9-12)21(29)25(20(14)28)17-7-8-18(26)24-19(17)27/h5-6,9,13,16-17,23H,1-4,7-8,10-11,22H2,(H,24,26,27). The summed E-state index contributed by atoms with van der Waals surface area (Å²) in [6.45, 7) is 1.41. The van der Waals surface area contributed by atoms with Gasteiger partial charge >= 0.3 is 0 Å². The number of carbonyl (C=O) groups is 4. The van der Waals surface area contributed by atoms with Crippen molar-refractivity contribution in [3.05, 3.63) is 34.9 Å². The van der Waals surface area contributed by atoms with Crippen LogP contribution in [0.15, 0.2) is 18.2 Å². The van der Waals surface area contributed by atoms with E-state index in [2.05, 4.69) is 10.6 Å². The van der Waals surface area contributed by atoms with Gasteiger partial charge in [0, 0.05) is 19.0 Å². The molecule has 154 valence electrons. The number of carbonyl (C=O) groups excluding carboxylic acids is 4. The first-order valence-electron chi connectivity index (χ1n) is 10.3. The Hall–Kier alpha value is -2.58. The number of fused-ring (bicyclic) bond motifs is 1. The maximum Gasteiger partial charge on any atom is 0.262 e. The number of piperidine rings is 1. The molecule has 2 aliphatic heterocycles. The van der Waals surface area contributed by atoms with Crippen molar-refractivity contribution in [1.82, 2.24) is 15.5 Å². The number of nitrogens with one attached hydrogen (secondary N) is 2. The second-order valence-corrected chi connectivity index (χ2v) is 8.17. The summed E-state index contributed by atoms with van der Waals surface area (Å²) in [6.07, 6.45) is 4.88. The molecule has 4 amide bonds. The smallest absolute Gasteiger partial charge is 0.262 e. The first kappa shape index (κ1) is 19.7. The summed E-state index contributed by atoms with van der Waals surface area (Å²) in [5.41, 5.74) is 7.71. The number of nitrogens with zero attached hydrogens (tertiary/aromatic N) is 1. The van der Waals surface area contributed by atoms with E-state index >= 15 is 0 Å². The second-order valence-electron chi connectivity index (χ2n) is 8.17. The highest BCUT2D eigenvalue weighted by atomic mass is 16.2. The summed E-state index contributed by atoms with van der Waals surface area (Å²) >= 11 is 0. The third kappa shape index (κ3) is 3.82. The molecule has 0 spiro atoms. The van der Waals surface area contributed by atoms with E-state index in [0.29, 0.717) is 23.6 Å². The molecule has 1 aromatic carbocycles. The highest BCUT2D eigenvalue weighted by molar-refractivity contribution is 6.23. The van der Waals surface area contributed by atoms with Crippen LogP contribution in [-0.4, -0.2) is 47.2 Å². The van der Waals surface area contributed by atoms with E-state index in [0.717, 1.165) is 29.8 Å². The molecule has 1 saturated carbocycles. The van der Waals surface area contributed by atoms with Crippen LogP contribution in [0, 0.1) is 5.92 Å². The van der Waals surface area contributed by atoms with Gasteiger partial charge in [0.1, 0.15) is 6.04 Å². The van der Waals surface area contributed by atoms with E-state index < -0.39 is 23.8 Å². The first-order chi connectivity index (χ1) is 14.0. The molecule has 1 aromatic rings. The van der Waals surface area contributed by atoms with Crippen molar-refractivity contribution in [2.75, 3.05) is 6.54 Å². The van der Waals surface area contributed by atoms with Crippen molar-refractivity contribution in [2.24, 2.45) is 11.7 Å². The molecule has 29 heavy (non-hydrogen) atoms. The Balaban J connectivity index is 1.43. The molecular formula is C21H26N4O4. The summed E-state index contributed by atoms with van der Waals surface area (Å²) < 4.78 is 0. The minimum atomic E-state index is -0.936. The molecule has 2 heterocycles. The maximum absolute atomic E-state index is 12.9. The van der Waals surface area contributed by atoms with Crippen LogP contribution in [0.3, 0.4) is 0 Å². The van der Waals surface area contributed by atoms with Gasteiger partial charge < -0.3 is 11.1 Å². The fourth-order valence-corrected chi connectivity index (χ4v) is 4.52. The number of rotatable bonds is 5. The molecule has 1 aliphatic carbocycles.